The van der Waals surface area contributed by atoms with Gasteiger partial charge in [0.1, 0.15) is 23.8 Å². The van der Waals surface area contributed by atoms with Crippen LogP contribution in [0.2, 0.25) is 0 Å². The fourth-order valence-corrected chi connectivity index (χ4v) is 3.24. The molecule has 0 bridgehead atoms. The second-order valence-electron chi connectivity index (χ2n) is 8.54. The van der Waals surface area contributed by atoms with Crippen LogP contribution in [0.15, 0.2) is 24.5 Å². The largest absolute Gasteiger partial charge is 0.369 e. The van der Waals surface area contributed by atoms with E-state index in [1.54, 1.807) is 6.33 Å². The van der Waals surface area contributed by atoms with Crippen molar-refractivity contribution in [1.29, 1.82) is 0 Å². The topological polar surface area (TPSA) is 87.4 Å². The van der Waals surface area contributed by atoms with Gasteiger partial charge in [-0.25, -0.2) is 9.97 Å². The second kappa shape index (κ2) is 6.88. The lowest BCUT2D eigenvalue weighted by Crippen LogP contribution is -2.50. The Morgan fingerprint density at radius 2 is 1.93 bits per heavy atom. The lowest BCUT2D eigenvalue weighted by atomic mass is 9.96. The lowest BCUT2D eigenvalue weighted by molar-refractivity contribution is 0.423. The third kappa shape index (κ3) is 3.56. The number of hydrogen-bond acceptors (Lipinski definition) is 8. The van der Waals surface area contributed by atoms with Gasteiger partial charge >= 0.3 is 0 Å². The highest BCUT2D eigenvalue weighted by molar-refractivity contribution is 5.49. The zero-order valence-corrected chi connectivity index (χ0v) is 17.1. The first-order valence-corrected chi connectivity index (χ1v) is 9.52. The molecule has 1 fully saturated rings. The van der Waals surface area contributed by atoms with Gasteiger partial charge in [-0.3, -0.25) is 0 Å². The van der Waals surface area contributed by atoms with E-state index in [9.17, 15) is 0 Å². The zero-order chi connectivity index (χ0) is 19.9. The molecule has 4 heterocycles. The summed E-state index contributed by atoms with van der Waals surface area (Å²) >= 11 is 0. The maximum Gasteiger partial charge on any atom is 0.178 e. The summed E-state index contributed by atoms with van der Waals surface area (Å²) in [6, 6.07) is 5.97. The Kier molecular flexibility index (Phi) is 4.52. The summed E-state index contributed by atoms with van der Waals surface area (Å²) in [6.45, 7) is 9.17. The molecule has 1 saturated heterocycles. The van der Waals surface area contributed by atoms with Gasteiger partial charge in [-0.15, -0.1) is 15.3 Å². The van der Waals surface area contributed by atoms with E-state index in [-0.39, 0.29) is 5.41 Å². The van der Waals surface area contributed by atoms with Crippen molar-refractivity contribution < 1.29 is 0 Å². The molecule has 3 aromatic heterocycles. The molecule has 1 N–H and O–H groups in total. The molecule has 0 atom stereocenters. The highest BCUT2D eigenvalue weighted by Gasteiger charge is 2.29. The van der Waals surface area contributed by atoms with Crippen molar-refractivity contribution in [3.05, 3.63) is 30.4 Å². The second-order valence-corrected chi connectivity index (χ2v) is 8.54. The van der Waals surface area contributed by atoms with E-state index in [4.69, 9.17) is 5.10 Å². The lowest BCUT2D eigenvalue weighted by Gasteiger charge is -2.40. The molecule has 0 unspecified atom stereocenters. The molecule has 0 amide bonds. The van der Waals surface area contributed by atoms with E-state index < -0.39 is 0 Å². The van der Waals surface area contributed by atoms with Crippen LogP contribution in [0.25, 0.3) is 5.65 Å². The van der Waals surface area contributed by atoms with Gasteiger partial charge in [-0.1, -0.05) is 20.8 Å². The molecule has 0 aliphatic carbocycles. The molecule has 9 heteroatoms. The van der Waals surface area contributed by atoms with Gasteiger partial charge in [0, 0.05) is 51.1 Å². The van der Waals surface area contributed by atoms with E-state index in [1.807, 2.05) is 41.7 Å². The quantitative estimate of drug-likeness (QED) is 0.716. The summed E-state index contributed by atoms with van der Waals surface area (Å²) in [7, 11) is 3.95. The summed E-state index contributed by atoms with van der Waals surface area (Å²) in [6.07, 6.45) is 1.59. The first-order valence-electron chi connectivity index (χ1n) is 9.52. The van der Waals surface area contributed by atoms with E-state index >= 15 is 0 Å². The average molecular weight is 381 g/mol. The standard InChI is InChI=1S/C19H27N9/c1-19(2,3)18-24-23-15-6-7-16(25-28(15)18)27-10-13(11-27)9-20-14-8-17(26(4)5)22-12-21-14/h6-8,12-13H,9-11H2,1-5H3,(H,20,21,22). The van der Waals surface area contributed by atoms with Gasteiger partial charge in [0.15, 0.2) is 11.5 Å². The summed E-state index contributed by atoms with van der Waals surface area (Å²) in [5.41, 5.74) is 0.683. The molecule has 28 heavy (non-hydrogen) atoms. The molecule has 1 aliphatic rings. The maximum absolute atomic E-state index is 4.78. The predicted molar refractivity (Wildman–Crippen MR) is 110 cm³/mol. The number of anilines is 3. The minimum Gasteiger partial charge on any atom is -0.369 e. The highest BCUT2D eigenvalue weighted by Crippen LogP contribution is 2.25. The van der Waals surface area contributed by atoms with Gasteiger partial charge < -0.3 is 15.1 Å². The minimum atomic E-state index is -0.102. The summed E-state index contributed by atoms with van der Waals surface area (Å²) < 4.78 is 1.87. The fourth-order valence-electron chi connectivity index (χ4n) is 3.24. The van der Waals surface area contributed by atoms with Crippen LogP contribution in [0.5, 0.6) is 0 Å². The molecule has 0 aromatic carbocycles. The van der Waals surface area contributed by atoms with Crippen molar-refractivity contribution in [1.82, 2.24) is 29.8 Å². The molecular formula is C19H27N9. The van der Waals surface area contributed by atoms with Gasteiger partial charge in [0.2, 0.25) is 0 Å². The molecule has 9 nitrogen and oxygen atoms in total. The molecule has 4 rings (SSSR count). The molecule has 3 aromatic rings. The van der Waals surface area contributed by atoms with Crippen molar-refractivity contribution in [3.63, 3.8) is 0 Å². The number of nitrogens with zero attached hydrogens (tertiary/aromatic N) is 8. The Morgan fingerprint density at radius 1 is 1.14 bits per heavy atom. The van der Waals surface area contributed by atoms with Gasteiger partial charge in [0.05, 0.1) is 0 Å². The zero-order valence-electron chi connectivity index (χ0n) is 17.1. The monoisotopic (exact) mass is 381 g/mol. The summed E-state index contributed by atoms with van der Waals surface area (Å²) in [5, 5.41) is 16.7. The third-order valence-corrected chi connectivity index (χ3v) is 4.88. The third-order valence-electron chi connectivity index (χ3n) is 4.88. The molecule has 0 saturated carbocycles. The van der Waals surface area contributed by atoms with Gasteiger partial charge in [-0.05, 0) is 12.1 Å². The van der Waals surface area contributed by atoms with Crippen molar-refractivity contribution in [2.45, 2.75) is 26.2 Å². The number of aromatic nitrogens is 6. The van der Waals surface area contributed by atoms with Gasteiger partial charge in [0.25, 0.3) is 0 Å². The van der Waals surface area contributed by atoms with Crippen LogP contribution in [0, 0.1) is 5.92 Å². The van der Waals surface area contributed by atoms with Crippen LogP contribution in [0.4, 0.5) is 17.5 Å². The Labute approximate surface area is 164 Å². The molecule has 1 aliphatic heterocycles. The van der Waals surface area contributed by atoms with Crippen LogP contribution in [-0.2, 0) is 5.41 Å². The van der Waals surface area contributed by atoms with Crippen molar-refractivity contribution in [2.75, 3.05) is 48.8 Å². The number of fused-ring (bicyclic) bond motifs is 1. The molecular weight excluding hydrogens is 354 g/mol. The van der Waals surface area contributed by atoms with Crippen LogP contribution in [0.3, 0.4) is 0 Å². The summed E-state index contributed by atoms with van der Waals surface area (Å²) in [4.78, 5) is 12.8. The number of hydrogen-bond donors (Lipinski definition) is 1. The average Bonchev–Trinajstić information content (AvgIpc) is 3.04. The van der Waals surface area contributed by atoms with Crippen LogP contribution in [0.1, 0.15) is 26.6 Å². The first-order chi connectivity index (χ1) is 13.3. The Morgan fingerprint density at radius 3 is 2.64 bits per heavy atom. The van der Waals surface area contributed by atoms with Gasteiger partial charge in [-0.2, -0.15) is 4.52 Å². The van der Waals surface area contributed by atoms with Crippen molar-refractivity contribution in [3.8, 4) is 0 Å². The highest BCUT2D eigenvalue weighted by atomic mass is 15.4. The fraction of sp³-hybridized carbons (Fsp3) is 0.526. The molecule has 0 spiro atoms. The van der Waals surface area contributed by atoms with Crippen LogP contribution in [-0.4, -0.2) is 63.5 Å². The number of rotatable bonds is 5. The maximum atomic E-state index is 4.78. The summed E-state index contributed by atoms with van der Waals surface area (Å²) in [5.74, 6) is 4.15. The Bertz CT molecular complexity index is 967. The molecule has 148 valence electrons. The van der Waals surface area contributed by atoms with Crippen LogP contribution >= 0.6 is 0 Å². The van der Waals surface area contributed by atoms with E-state index in [0.29, 0.717) is 5.92 Å². The van der Waals surface area contributed by atoms with Crippen molar-refractivity contribution >= 4 is 23.1 Å². The minimum absolute atomic E-state index is 0.102. The smallest absolute Gasteiger partial charge is 0.178 e. The van der Waals surface area contributed by atoms with E-state index in [0.717, 1.165) is 48.6 Å². The predicted octanol–water partition coefficient (Wildman–Crippen LogP) is 1.83. The molecule has 0 radical (unpaired) electrons. The van der Waals surface area contributed by atoms with E-state index in [2.05, 4.69) is 51.2 Å². The number of nitrogens with one attached hydrogen (secondary N) is 1. The normalized spacial score (nSPS) is 15.0. The van der Waals surface area contributed by atoms with E-state index in [1.165, 1.54) is 0 Å². The van der Waals surface area contributed by atoms with Crippen LogP contribution < -0.4 is 15.1 Å². The van der Waals surface area contributed by atoms with Crippen molar-refractivity contribution in [2.24, 2.45) is 5.92 Å². The Balaban J connectivity index is 1.38. The Hall–Kier alpha value is -2.97. The SMILES string of the molecule is CN(C)c1cc(NCC2CN(c3ccc4nnc(C(C)(C)C)n4n3)C2)ncn1. The first kappa shape index (κ1) is 18.4.